The van der Waals surface area contributed by atoms with Crippen LogP contribution >= 0.6 is 0 Å². The lowest BCUT2D eigenvalue weighted by Crippen LogP contribution is -2.32. The summed E-state index contributed by atoms with van der Waals surface area (Å²) in [5.74, 6) is 1.41. The topological polar surface area (TPSA) is 35.5 Å². The fourth-order valence-electron chi connectivity index (χ4n) is 1.95. The number of methoxy groups -OCH3 is 1. The maximum absolute atomic E-state index is 11.1. The van der Waals surface area contributed by atoms with Crippen molar-refractivity contribution in [3.63, 3.8) is 0 Å². The Labute approximate surface area is 120 Å². The number of allylic oxidation sites excluding steroid dienone is 2. The summed E-state index contributed by atoms with van der Waals surface area (Å²) in [6.07, 6.45) is 6.28. The van der Waals surface area contributed by atoms with Gasteiger partial charge >= 0.3 is 0 Å². The van der Waals surface area contributed by atoms with Gasteiger partial charge in [-0.05, 0) is 24.3 Å². The molecule has 0 unspecified atom stereocenters. The third-order valence-corrected chi connectivity index (χ3v) is 3.13. The van der Waals surface area contributed by atoms with Crippen LogP contribution in [-0.2, 0) is 4.79 Å². The van der Waals surface area contributed by atoms with Crippen LogP contribution in [0, 0.1) is 11.8 Å². The van der Waals surface area contributed by atoms with Gasteiger partial charge in [0.2, 0.25) is 0 Å². The molecule has 1 aromatic carbocycles. The van der Waals surface area contributed by atoms with Crippen LogP contribution in [0.25, 0.3) is 0 Å². The van der Waals surface area contributed by atoms with E-state index in [4.69, 9.17) is 9.47 Å². The van der Waals surface area contributed by atoms with E-state index in [-0.39, 0.29) is 17.9 Å². The number of hydrogen-bond acceptors (Lipinski definition) is 3. The summed E-state index contributed by atoms with van der Waals surface area (Å²) >= 11 is 0. The zero-order valence-electron chi connectivity index (χ0n) is 12.3. The molecule has 3 atom stereocenters. The average Bonchev–Trinajstić information content (AvgIpc) is 2.50. The maximum atomic E-state index is 11.1. The largest absolute Gasteiger partial charge is 0.497 e. The van der Waals surface area contributed by atoms with Gasteiger partial charge in [-0.15, -0.1) is 0 Å². The molecule has 0 saturated heterocycles. The summed E-state index contributed by atoms with van der Waals surface area (Å²) in [5, 5.41) is 0. The summed E-state index contributed by atoms with van der Waals surface area (Å²) < 4.78 is 11.1. The van der Waals surface area contributed by atoms with Crippen LogP contribution in [0.1, 0.15) is 13.8 Å². The third kappa shape index (κ3) is 4.57. The summed E-state index contributed by atoms with van der Waals surface area (Å²) in [7, 11) is 1.62. The molecule has 0 aliphatic rings. The van der Waals surface area contributed by atoms with Gasteiger partial charge in [0, 0.05) is 11.8 Å². The highest BCUT2D eigenvalue weighted by Crippen LogP contribution is 2.23. The van der Waals surface area contributed by atoms with E-state index in [1.54, 1.807) is 13.2 Å². The molecule has 0 amide bonds. The van der Waals surface area contributed by atoms with Gasteiger partial charge in [-0.2, -0.15) is 0 Å². The highest BCUT2D eigenvalue weighted by molar-refractivity contribution is 5.54. The molecule has 1 aromatic rings. The van der Waals surface area contributed by atoms with Gasteiger partial charge in [0.25, 0.3) is 0 Å². The molecular weight excluding hydrogens is 252 g/mol. The van der Waals surface area contributed by atoms with Crippen molar-refractivity contribution in [2.45, 2.75) is 20.0 Å². The molecule has 0 spiro atoms. The molecule has 3 heteroatoms. The summed E-state index contributed by atoms with van der Waals surface area (Å²) in [5.41, 5.74) is 0. The summed E-state index contributed by atoms with van der Waals surface area (Å²) in [6, 6.07) is 7.35. The van der Waals surface area contributed by atoms with Gasteiger partial charge in [0.1, 0.15) is 23.9 Å². The highest BCUT2D eigenvalue weighted by atomic mass is 16.5. The Balaban J connectivity index is 2.85. The zero-order valence-corrected chi connectivity index (χ0v) is 12.3. The fraction of sp³-hybridized carbons (Fsp3) is 0.353. The molecule has 0 saturated carbocycles. The van der Waals surface area contributed by atoms with E-state index in [2.05, 4.69) is 6.58 Å². The minimum Gasteiger partial charge on any atom is -0.497 e. The van der Waals surface area contributed by atoms with Crippen molar-refractivity contribution in [3.05, 3.63) is 49.1 Å². The molecule has 0 aromatic heterocycles. The molecule has 0 bridgehead atoms. The molecule has 0 fully saturated rings. The first-order valence-electron chi connectivity index (χ1n) is 6.67. The Morgan fingerprint density at radius 3 is 2.20 bits per heavy atom. The summed E-state index contributed by atoms with van der Waals surface area (Å²) in [6.45, 7) is 7.53. The lowest BCUT2D eigenvalue weighted by molar-refractivity contribution is -0.113. The van der Waals surface area contributed by atoms with Crippen molar-refractivity contribution in [1.82, 2.24) is 0 Å². The van der Waals surface area contributed by atoms with Crippen molar-refractivity contribution >= 4 is 6.29 Å². The Kier molecular flexibility index (Phi) is 6.57. The Hall–Kier alpha value is -2.03. The average molecular weight is 274 g/mol. The van der Waals surface area contributed by atoms with E-state index in [0.717, 1.165) is 17.8 Å². The van der Waals surface area contributed by atoms with Crippen molar-refractivity contribution in [3.8, 4) is 11.5 Å². The zero-order chi connectivity index (χ0) is 15.0. The molecule has 0 heterocycles. The molecule has 0 radical (unpaired) electrons. The van der Waals surface area contributed by atoms with Gasteiger partial charge in [-0.3, -0.25) is 0 Å². The number of aldehydes is 1. The first kappa shape index (κ1) is 16.0. The lowest BCUT2D eigenvalue weighted by atomic mass is 9.93. The summed E-state index contributed by atoms with van der Waals surface area (Å²) in [4.78, 5) is 11.1. The van der Waals surface area contributed by atoms with Crippen LogP contribution in [-0.4, -0.2) is 19.5 Å². The minimum atomic E-state index is -0.211. The molecule has 0 N–H and O–H groups in total. The van der Waals surface area contributed by atoms with Crippen LogP contribution in [0.5, 0.6) is 11.5 Å². The van der Waals surface area contributed by atoms with Gasteiger partial charge in [-0.1, -0.05) is 38.7 Å². The first-order chi connectivity index (χ1) is 9.62. The van der Waals surface area contributed by atoms with Crippen LogP contribution in [0.3, 0.4) is 0 Å². The Morgan fingerprint density at radius 1 is 1.10 bits per heavy atom. The van der Waals surface area contributed by atoms with Crippen molar-refractivity contribution in [2.75, 3.05) is 7.11 Å². The molecule has 3 nitrogen and oxygen atoms in total. The minimum absolute atomic E-state index is 0.107. The second kappa shape index (κ2) is 8.20. The SMILES string of the molecule is C=C/C=C\[C@H](C)[C@H](Oc1ccc(OC)cc1)[C@@H](C)C=O. The number of benzene rings is 1. The predicted molar refractivity (Wildman–Crippen MR) is 81.1 cm³/mol. The molecule has 108 valence electrons. The van der Waals surface area contributed by atoms with Crippen molar-refractivity contribution < 1.29 is 14.3 Å². The number of rotatable bonds is 8. The maximum Gasteiger partial charge on any atom is 0.126 e. The third-order valence-electron chi connectivity index (χ3n) is 3.13. The van der Waals surface area contributed by atoms with Crippen molar-refractivity contribution in [1.29, 1.82) is 0 Å². The fourth-order valence-corrected chi connectivity index (χ4v) is 1.95. The monoisotopic (exact) mass is 274 g/mol. The van der Waals surface area contributed by atoms with Crippen molar-refractivity contribution in [2.24, 2.45) is 11.8 Å². The number of ether oxygens (including phenoxy) is 2. The highest BCUT2D eigenvalue weighted by Gasteiger charge is 2.23. The Bertz CT molecular complexity index is 448. The smallest absolute Gasteiger partial charge is 0.126 e. The van der Waals surface area contributed by atoms with Gasteiger partial charge in [0.05, 0.1) is 7.11 Å². The predicted octanol–water partition coefficient (Wildman–Crippen LogP) is 3.66. The van der Waals surface area contributed by atoms with Gasteiger partial charge in [-0.25, -0.2) is 0 Å². The molecule has 0 aliphatic heterocycles. The second-order valence-corrected chi connectivity index (χ2v) is 4.73. The Morgan fingerprint density at radius 2 is 1.70 bits per heavy atom. The lowest BCUT2D eigenvalue weighted by Gasteiger charge is -2.26. The molecular formula is C17H22O3. The molecule has 0 aliphatic carbocycles. The first-order valence-corrected chi connectivity index (χ1v) is 6.67. The van der Waals surface area contributed by atoms with E-state index < -0.39 is 0 Å². The van der Waals surface area contributed by atoms with E-state index >= 15 is 0 Å². The van der Waals surface area contributed by atoms with E-state index in [1.165, 1.54) is 0 Å². The number of carbonyl (C=O) groups excluding carboxylic acids is 1. The quantitative estimate of drug-likeness (QED) is 0.536. The molecule has 20 heavy (non-hydrogen) atoms. The number of hydrogen-bond donors (Lipinski definition) is 0. The van der Waals surface area contributed by atoms with Crippen LogP contribution in [0.15, 0.2) is 49.1 Å². The standard InChI is InChI=1S/C17H22O3/c1-5-6-7-13(2)17(14(3)12-18)20-16-10-8-15(19-4)9-11-16/h5-14,17H,1H2,2-4H3/b7-6-/t13-,14-,17-/m0/s1. The van der Waals surface area contributed by atoms with Crippen LogP contribution < -0.4 is 9.47 Å². The second-order valence-electron chi connectivity index (χ2n) is 4.73. The van der Waals surface area contributed by atoms with E-state index in [9.17, 15) is 4.79 Å². The normalized spacial score (nSPS) is 15.3. The van der Waals surface area contributed by atoms with Gasteiger partial charge < -0.3 is 14.3 Å². The van der Waals surface area contributed by atoms with Crippen LogP contribution in [0.4, 0.5) is 0 Å². The van der Waals surface area contributed by atoms with E-state index in [1.807, 2.05) is 50.3 Å². The van der Waals surface area contributed by atoms with E-state index in [0.29, 0.717) is 0 Å². The molecule has 1 rings (SSSR count). The number of carbonyl (C=O) groups is 1. The van der Waals surface area contributed by atoms with Crippen LogP contribution in [0.2, 0.25) is 0 Å². The van der Waals surface area contributed by atoms with Gasteiger partial charge in [0.15, 0.2) is 0 Å².